The van der Waals surface area contributed by atoms with Crippen molar-refractivity contribution in [3.8, 4) is 0 Å². The summed E-state index contributed by atoms with van der Waals surface area (Å²) in [4.78, 5) is 22.0. The topological polar surface area (TPSA) is 77.8 Å². The van der Waals surface area contributed by atoms with Gasteiger partial charge in [-0.1, -0.05) is 0 Å². The van der Waals surface area contributed by atoms with E-state index in [2.05, 4.69) is 0 Å². The molecule has 0 aliphatic carbocycles. The summed E-state index contributed by atoms with van der Waals surface area (Å²) in [5.41, 5.74) is 0. The lowest BCUT2D eigenvalue weighted by Crippen LogP contribution is -2.49. The molecular weight excluding hydrogens is 243 g/mol. The van der Waals surface area contributed by atoms with Crippen molar-refractivity contribution < 1.29 is 33.0 Å². The SMILES string of the molecule is O=C(O)C(O)C1CCCN(C(=O)C(F)(F)F)C1. The molecule has 1 aliphatic rings. The van der Waals surface area contributed by atoms with E-state index in [1.54, 1.807) is 0 Å². The molecule has 17 heavy (non-hydrogen) atoms. The molecule has 0 aromatic carbocycles. The van der Waals surface area contributed by atoms with Gasteiger partial charge in [0.25, 0.3) is 0 Å². The molecule has 0 spiro atoms. The van der Waals surface area contributed by atoms with Crippen molar-refractivity contribution >= 4 is 11.9 Å². The Bertz CT molecular complexity index is 318. The number of aliphatic hydroxyl groups is 1. The molecule has 2 N–H and O–H groups in total. The molecular formula is C9H12F3NO4. The third-order valence-corrected chi connectivity index (χ3v) is 2.69. The van der Waals surface area contributed by atoms with Crippen LogP contribution in [0.5, 0.6) is 0 Å². The molecule has 0 aromatic heterocycles. The highest BCUT2D eigenvalue weighted by atomic mass is 19.4. The lowest BCUT2D eigenvalue weighted by Gasteiger charge is -2.34. The summed E-state index contributed by atoms with van der Waals surface area (Å²) in [6.07, 6.45) is -6.17. The summed E-state index contributed by atoms with van der Waals surface area (Å²) in [5, 5.41) is 17.8. The molecule has 1 fully saturated rings. The standard InChI is InChI=1S/C9H12F3NO4/c10-9(11,12)8(17)13-3-1-2-5(4-13)6(14)7(15)16/h5-6,14H,1-4H2,(H,15,16). The van der Waals surface area contributed by atoms with Crippen LogP contribution in [-0.2, 0) is 9.59 Å². The maximum Gasteiger partial charge on any atom is 0.471 e. The van der Waals surface area contributed by atoms with E-state index < -0.39 is 30.1 Å². The Hall–Kier alpha value is -1.31. The predicted octanol–water partition coefficient (Wildman–Crippen LogP) is 0.233. The fourth-order valence-electron chi connectivity index (χ4n) is 1.83. The lowest BCUT2D eigenvalue weighted by molar-refractivity contribution is -0.188. The Morgan fingerprint density at radius 2 is 1.94 bits per heavy atom. The number of nitrogens with zero attached hydrogens (tertiary/aromatic N) is 1. The number of carboxylic acid groups (broad SMARTS) is 1. The van der Waals surface area contributed by atoms with Gasteiger partial charge in [0.1, 0.15) is 0 Å². The summed E-state index contributed by atoms with van der Waals surface area (Å²) in [6.45, 7) is -0.451. The molecule has 0 aromatic rings. The number of amides is 1. The van der Waals surface area contributed by atoms with E-state index in [0.717, 1.165) is 0 Å². The first-order chi connectivity index (χ1) is 7.73. The Morgan fingerprint density at radius 1 is 1.35 bits per heavy atom. The highest BCUT2D eigenvalue weighted by Crippen LogP contribution is 2.25. The number of carbonyl (C=O) groups is 2. The number of alkyl halides is 3. The summed E-state index contributed by atoms with van der Waals surface area (Å²) >= 11 is 0. The van der Waals surface area contributed by atoms with Crippen LogP contribution in [0.2, 0.25) is 0 Å². The quantitative estimate of drug-likeness (QED) is 0.740. The van der Waals surface area contributed by atoms with E-state index >= 15 is 0 Å². The number of carbonyl (C=O) groups excluding carboxylic acids is 1. The zero-order chi connectivity index (χ0) is 13.2. The summed E-state index contributed by atoms with van der Waals surface area (Å²) in [5.74, 6) is -4.33. The maximum atomic E-state index is 12.2. The van der Waals surface area contributed by atoms with Gasteiger partial charge in [0.15, 0.2) is 6.10 Å². The van der Waals surface area contributed by atoms with Crippen LogP contribution in [0.15, 0.2) is 0 Å². The van der Waals surface area contributed by atoms with Crippen LogP contribution in [-0.4, -0.2) is 52.4 Å². The van der Waals surface area contributed by atoms with Crippen LogP contribution < -0.4 is 0 Å². The molecule has 0 saturated carbocycles. The van der Waals surface area contributed by atoms with Crippen LogP contribution in [0, 0.1) is 5.92 Å². The van der Waals surface area contributed by atoms with Gasteiger partial charge in [-0.25, -0.2) is 4.79 Å². The fraction of sp³-hybridized carbons (Fsp3) is 0.778. The van der Waals surface area contributed by atoms with Gasteiger partial charge in [-0.2, -0.15) is 13.2 Å². The van der Waals surface area contributed by atoms with Crippen molar-refractivity contribution in [2.75, 3.05) is 13.1 Å². The van der Waals surface area contributed by atoms with Gasteiger partial charge in [0.2, 0.25) is 0 Å². The Morgan fingerprint density at radius 3 is 2.41 bits per heavy atom. The van der Waals surface area contributed by atoms with Gasteiger partial charge in [-0.05, 0) is 12.8 Å². The van der Waals surface area contributed by atoms with E-state index in [-0.39, 0.29) is 25.9 Å². The molecule has 8 heteroatoms. The molecule has 2 unspecified atom stereocenters. The van der Waals surface area contributed by atoms with Crippen molar-refractivity contribution in [1.82, 2.24) is 4.90 Å². The van der Waals surface area contributed by atoms with Crippen molar-refractivity contribution in [2.24, 2.45) is 5.92 Å². The summed E-state index contributed by atoms with van der Waals surface area (Å²) in [7, 11) is 0. The zero-order valence-corrected chi connectivity index (χ0v) is 8.78. The Labute approximate surface area is 94.8 Å². The molecule has 5 nitrogen and oxygen atoms in total. The average Bonchev–Trinajstić information content (AvgIpc) is 2.25. The van der Waals surface area contributed by atoms with Crippen molar-refractivity contribution in [1.29, 1.82) is 0 Å². The van der Waals surface area contributed by atoms with Gasteiger partial charge in [-0.3, -0.25) is 4.79 Å². The lowest BCUT2D eigenvalue weighted by atomic mass is 9.92. The minimum Gasteiger partial charge on any atom is -0.479 e. The average molecular weight is 255 g/mol. The van der Waals surface area contributed by atoms with Gasteiger partial charge >= 0.3 is 18.1 Å². The van der Waals surface area contributed by atoms with Crippen LogP contribution >= 0.6 is 0 Å². The highest BCUT2D eigenvalue weighted by molar-refractivity contribution is 5.82. The molecule has 0 radical (unpaired) electrons. The molecule has 1 aliphatic heterocycles. The highest BCUT2D eigenvalue weighted by Gasteiger charge is 2.44. The maximum absolute atomic E-state index is 12.2. The van der Waals surface area contributed by atoms with Crippen molar-refractivity contribution in [2.45, 2.75) is 25.1 Å². The van der Waals surface area contributed by atoms with Gasteiger partial charge in [0.05, 0.1) is 0 Å². The smallest absolute Gasteiger partial charge is 0.471 e. The minimum absolute atomic E-state index is 0.0683. The molecule has 1 amide bonds. The first kappa shape index (κ1) is 13.8. The summed E-state index contributed by atoms with van der Waals surface area (Å²) < 4.78 is 36.5. The zero-order valence-electron chi connectivity index (χ0n) is 8.78. The number of hydrogen-bond donors (Lipinski definition) is 2. The molecule has 1 saturated heterocycles. The van der Waals surface area contributed by atoms with E-state index in [4.69, 9.17) is 5.11 Å². The second kappa shape index (κ2) is 4.91. The van der Waals surface area contributed by atoms with Crippen molar-refractivity contribution in [3.63, 3.8) is 0 Å². The molecule has 2 atom stereocenters. The number of aliphatic hydroxyl groups excluding tert-OH is 1. The van der Waals surface area contributed by atoms with E-state index in [1.807, 2.05) is 0 Å². The number of likely N-dealkylation sites (tertiary alicyclic amines) is 1. The van der Waals surface area contributed by atoms with Crippen LogP contribution in [0.4, 0.5) is 13.2 Å². The second-order valence-electron chi connectivity index (χ2n) is 3.93. The van der Waals surface area contributed by atoms with Crippen LogP contribution in [0.1, 0.15) is 12.8 Å². The van der Waals surface area contributed by atoms with Crippen molar-refractivity contribution in [3.05, 3.63) is 0 Å². The first-order valence-corrected chi connectivity index (χ1v) is 5.00. The third kappa shape index (κ3) is 3.32. The largest absolute Gasteiger partial charge is 0.479 e. The minimum atomic E-state index is -4.96. The van der Waals surface area contributed by atoms with Crippen LogP contribution in [0.3, 0.4) is 0 Å². The first-order valence-electron chi connectivity index (χ1n) is 5.00. The number of piperidine rings is 1. The number of carboxylic acids is 1. The van der Waals surface area contributed by atoms with E-state index in [9.17, 15) is 27.9 Å². The van der Waals surface area contributed by atoms with Gasteiger partial charge in [-0.15, -0.1) is 0 Å². The number of hydrogen-bond acceptors (Lipinski definition) is 3. The molecule has 98 valence electrons. The molecule has 1 rings (SSSR count). The Kier molecular flexibility index (Phi) is 3.97. The fourth-order valence-corrected chi connectivity index (χ4v) is 1.83. The van der Waals surface area contributed by atoms with E-state index in [1.165, 1.54) is 0 Å². The monoisotopic (exact) mass is 255 g/mol. The number of rotatable bonds is 2. The van der Waals surface area contributed by atoms with Gasteiger partial charge in [0, 0.05) is 19.0 Å². The number of halogens is 3. The number of aliphatic carboxylic acids is 1. The molecule has 1 heterocycles. The second-order valence-corrected chi connectivity index (χ2v) is 3.93. The third-order valence-electron chi connectivity index (χ3n) is 2.69. The van der Waals surface area contributed by atoms with Crippen LogP contribution in [0.25, 0.3) is 0 Å². The Balaban J connectivity index is 2.67. The molecule has 0 bridgehead atoms. The predicted molar refractivity (Wildman–Crippen MR) is 49.0 cm³/mol. The van der Waals surface area contributed by atoms with E-state index in [0.29, 0.717) is 4.90 Å². The normalized spacial score (nSPS) is 23.3. The van der Waals surface area contributed by atoms with Gasteiger partial charge < -0.3 is 15.1 Å². The summed E-state index contributed by atoms with van der Waals surface area (Å²) in [6, 6.07) is 0.